The van der Waals surface area contributed by atoms with Gasteiger partial charge in [-0.1, -0.05) is 36.4 Å². The van der Waals surface area contributed by atoms with Gasteiger partial charge in [0, 0.05) is 11.4 Å². The maximum Gasteiger partial charge on any atom is 0.435 e. The number of nitrogens with one attached hydrogen (secondary N) is 1. The van der Waals surface area contributed by atoms with Gasteiger partial charge in [0.05, 0.1) is 12.7 Å². The molecular weight excluding hydrogens is 469 g/mol. The van der Waals surface area contributed by atoms with Crippen molar-refractivity contribution in [1.29, 1.82) is 0 Å². The second-order valence-corrected chi connectivity index (χ2v) is 8.26. The first-order chi connectivity index (χ1) is 16.3. The fourth-order valence-electron chi connectivity index (χ4n) is 3.87. The van der Waals surface area contributed by atoms with E-state index in [1.165, 1.54) is 18.9 Å². The van der Waals surface area contributed by atoms with Crippen LogP contribution in [0.5, 0.6) is 5.75 Å². The van der Waals surface area contributed by atoms with Crippen molar-refractivity contribution in [2.45, 2.75) is 11.9 Å². The van der Waals surface area contributed by atoms with Crippen LogP contribution in [-0.2, 0) is 11.9 Å². The molecule has 0 aliphatic rings. The van der Waals surface area contributed by atoms with E-state index >= 15 is 0 Å². The van der Waals surface area contributed by atoms with E-state index in [4.69, 9.17) is 9.15 Å². The van der Waals surface area contributed by atoms with Crippen LogP contribution in [0.15, 0.2) is 57.7 Å². The molecule has 34 heavy (non-hydrogen) atoms. The minimum Gasteiger partial charge on any atom is -0.494 e. The van der Waals surface area contributed by atoms with E-state index in [-0.39, 0.29) is 28.2 Å². The Balaban J connectivity index is 1.86. The molecular formula is C23H17F3N4O3S. The highest BCUT2D eigenvalue weighted by atomic mass is 32.2. The maximum absolute atomic E-state index is 14.0. The van der Waals surface area contributed by atoms with Crippen LogP contribution < -0.4 is 10.3 Å². The zero-order valence-electron chi connectivity index (χ0n) is 17.9. The zero-order chi connectivity index (χ0) is 24.0. The topological polar surface area (TPSA) is 85.4 Å². The summed E-state index contributed by atoms with van der Waals surface area (Å²) < 4.78 is 53.7. The number of aromatic nitrogens is 4. The Morgan fingerprint density at radius 1 is 1.12 bits per heavy atom. The number of halogens is 3. The number of aromatic amines is 1. The normalized spacial score (nSPS) is 12.0. The SMILES string of the molecule is COc1cccc2oc(-c3c(CSC)[nH]c4c(-c5ccccc5)c(C(F)(F)F)nn4c3=O)nc12. The molecule has 3 heterocycles. The quantitative estimate of drug-likeness (QED) is 0.359. The summed E-state index contributed by atoms with van der Waals surface area (Å²) in [5.74, 6) is 0.718. The number of alkyl halides is 3. The van der Waals surface area contributed by atoms with Gasteiger partial charge in [-0.05, 0) is 24.0 Å². The van der Waals surface area contributed by atoms with Crippen molar-refractivity contribution in [2.24, 2.45) is 0 Å². The van der Waals surface area contributed by atoms with Crippen LogP contribution in [0.4, 0.5) is 13.2 Å². The maximum atomic E-state index is 14.0. The Bertz CT molecular complexity index is 1570. The molecule has 0 spiro atoms. The lowest BCUT2D eigenvalue weighted by atomic mass is 10.1. The number of nitrogens with zero attached hydrogens (tertiary/aromatic N) is 3. The second-order valence-electron chi connectivity index (χ2n) is 7.39. The molecule has 0 amide bonds. The lowest BCUT2D eigenvalue weighted by molar-refractivity contribution is -0.140. The van der Waals surface area contributed by atoms with Crippen LogP contribution in [0.1, 0.15) is 11.4 Å². The number of para-hydroxylation sites is 1. The van der Waals surface area contributed by atoms with Crippen molar-refractivity contribution < 1.29 is 22.3 Å². The number of benzene rings is 2. The molecule has 11 heteroatoms. The third-order valence-electron chi connectivity index (χ3n) is 5.30. The Morgan fingerprint density at radius 2 is 1.88 bits per heavy atom. The Kier molecular flexibility index (Phi) is 5.35. The molecule has 5 rings (SSSR count). The summed E-state index contributed by atoms with van der Waals surface area (Å²) in [5.41, 5.74) is -0.716. The van der Waals surface area contributed by atoms with Gasteiger partial charge in [-0.3, -0.25) is 4.79 Å². The van der Waals surface area contributed by atoms with Gasteiger partial charge >= 0.3 is 6.18 Å². The Hall–Kier alpha value is -3.73. The second kappa shape index (κ2) is 8.24. The predicted octanol–water partition coefficient (Wildman–Crippen LogP) is 5.39. The summed E-state index contributed by atoms with van der Waals surface area (Å²) in [6, 6.07) is 13.1. The predicted molar refractivity (Wildman–Crippen MR) is 123 cm³/mol. The largest absolute Gasteiger partial charge is 0.494 e. The molecule has 0 aliphatic heterocycles. The number of rotatable bonds is 5. The number of thioether (sulfide) groups is 1. The molecule has 1 N–H and O–H groups in total. The number of hydrogen-bond donors (Lipinski definition) is 1. The van der Waals surface area contributed by atoms with E-state index in [0.29, 0.717) is 28.3 Å². The molecule has 7 nitrogen and oxygen atoms in total. The van der Waals surface area contributed by atoms with Gasteiger partial charge in [0.15, 0.2) is 16.8 Å². The fourth-order valence-corrected chi connectivity index (χ4v) is 4.37. The molecule has 174 valence electrons. The molecule has 2 aromatic carbocycles. The van der Waals surface area contributed by atoms with Crippen molar-refractivity contribution >= 4 is 28.5 Å². The smallest absolute Gasteiger partial charge is 0.435 e. The van der Waals surface area contributed by atoms with E-state index < -0.39 is 17.4 Å². The zero-order valence-corrected chi connectivity index (χ0v) is 18.8. The van der Waals surface area contributed by atoms with E-state index in [1.807, 2.05) is 6.26 Å². The molecule has 0 bridgehead atoms. The van der Waals surface area contributed by atoms with E-state index in [2.05, 4.69) is 15.1 Å². The van der Waals surface area contributed by atoms with Gasteiger partial charge in [-0.25, -0.2) is 4.98 Å². The number of hydrogen-bond acceptors (Lipinski definition) is 6. The summed E-state index contributed by atoms with van der Waals surface area (Å²) in [5, 5.41) is 3.68. The molecule has 0 atom stereocenters. The summed E-state index contributed by atoms with van der Waals surface area (Å²) >= 11 is 1.39. The highest BCUT2D eigenvalue weighted by Gasteiger charge is 2.39. The fraction of sp³-hybridized carbons (Fsp3) is 0.174. The van der Waals surface area contributed by atoms with Crippen molar-refractivity contribution in [3.63, 3.8) is 0 Å². The van der Waals surface area contributed by atoms with Gasteiger partial charge in [-0.2, -0.15) is 34.5 Å². The number of ether oxygens (including phenoxy) is 1. The monoisotopic (exact) mass is 486 g/mol. The molecule has 0 aliphatic carbocycles. The number of oxazole rings is 1. The molecule has 0 saturated heterocycles. The van der Waals surface area contributed by atoms with Crippen LogP contribution in [0, 0.1) is 0 Å². The number of methoxy groups -OCH3 is 1. The third kappa shape index (κ3) is 3.52. The molecule has 5 aromatic rings. The van der Waals surface area contributed by atoms with E-state index in [1.54, 1.807) is 48.5 Å². The Morgan fingerprint density at radius 3 is 2.56 bits per heavy atom. The molecule has 0 unspecified atom stereocenters. The first-order valence-electron chi connectivity index (χ1n) is 10.1. The molecule has 0 saturated carbocycles. The summed E-state index contributed by atoms with van der Waals surface area (Å²) in [7, 11) is 1.48. The molecule has 3 aromatic heterocycles. The lowest BCUT2D eigenvalue weighted by Crippen LogP contribution is -2.20. The molecule has 0 fully saturated rings. The standard InChI is InChI=1S/C23H17F3N4O3S/c1-32-14-9-6-10-15-18(14)28-21(33-15)17-13(11-34-2)27-20-16(12-7-4-3-5-8-12)19(23(24,25)26)29-30(20)22(17)31/h3-10,27H,11H2,1-2H3. The van der Waals surface area contributed by atoms with Gasteiger partial charge in [-0.15, -0.1) is 0 Å². The lowest BCUT2D eigenvalue weighted by Gasteiger charge is -2.08. The Labute approximate surface area is 194 Å². The van der Waals surface area contributed by atoms with Crippen LogP contribution in [-0.4, -0.2) is 32.9 Å². The van der Waals surface area contributed by atoms with Gasteiger partial charge in [0.1, 0.15) is 17.0 Å². The minimum absolute atomic E-state index is 0.0101. The van der Waals surface area contributed by atoms with Crippen LogP contribution in [0.25, 0.3) is 39.3 Å². The molecule has 0 radical (unpaired) electrons. The summed E-state index contributed by atoms with van der Waals surface area (Å²) in [6.45, 7) is 0. The highest BCUT2D eigenvalue weighted by Crippen LogP contribution is 2.39. The summed E-state index contributed by atoms with van der Waals surface area (Å²) in [6.07, 6.45) is -2.96. The number of fused-ring (bicyclic) bond motifs is 2. The van der Waals surface area contributed by atoms with Gasteiger partial charge in [0.2, 0.25) is 5.89 Å². The van der Waals surface area contributed by atoms with Crippen LogP contribution in [0.2, 0.25) is 0 Å². The highest BCUT2D eigenvalue weighted by molar-refractivity contribution is 7.97. The first-order valence-corrected chi connectivity index (χ1v) is 11.5. The third-order valence-corrected chi connectivity index (χ3v) is 5.88. The van der Waals surface area contributed by atoms with E-state index in [9.17, 15) is 18.0 Å². The number of H-pyrrole nitrogens is 1. The van der Waals surface area contributed by atoms with Crippen molar-refractivity contribution in [2.75, 3.05) is 13.4 Å². The average molecular weight is 486 g/mol. The van der Waals surface area contributed by atoms with Gasteiger partial charge in [0.25, 0.3) is 5.56 Å². The van der Waals surface area contributed by atoms with Crippen molar-refractivity contribution in [3.8, 4) is 28.3 Å². The average Bonchev–Trinajstić information content (AvgIpc) is 3.41. The van der Waals surface area contributed by atoms with Crippen molar-refractivity contribution in [3.05, 3.63) is 70.3 Å². The minimum atomic E-state index is -4.78. The van der Waals surface area contributed by atoms with Gasteiger partial charge < -0.3 is 14.1 Å². The first kappa shape index (κ1) is 22.1. The van der Waals surface area contributed by atoms with Crippen LogP contribution >= 0.6 is 11.8 Å². The van der Waals surface area contributed by atoms with Crippen molar-refractivity contribution in [1.82, 2.24) is 19.6 Å². The van der Waals surface area contributed by atoms with E-state index in [0.717, 1.165) is 4.52 Å². The summed E-state index contributed by atoms with van der Waals surface area (Å²) in [4.78, 5) is 21.0. The van der Waals surface area contributed by atoms with Crippen LogP contribution in [0.3, 0.4) is 0 Å².